The Morgan fingerprint density at radius 1 is 1.73 bits per heavy atom. The molecule has 1 rings (SSSR count). The van der Waals surface area contributed by atoms with E-state index < -0.39 is 0 Å². The highest BCUT2D eigenvalue weighted by atomic mass is 16.1. The van der Waals surface area contributed by atoms with Crippen molar-refractivity contribution in [3.8, 4) is 0 Å². The van der Waals surface area contributed by atoms with E-state index in [4.69, 9.17) is 0 Å². The molecule has 11 heavy (non-hydrogen) atoms. The summed E-state index contributed by atoms with van der Waals surface area (Å²) in [6.07, 6.45) is 8.70. The lowest BCUT2D eigenvalue weighted by atomic mass is 10.0. The molecule has 2 heteroatoms. The fraction of sp³-hybridized carbons (Fsp3) is 0.333. The molecule has 0 aromatic heterocycles. The highest BCUT2D eigenvalue weighted by Gasteiger charge is 2.05. The van der Waals surface area contributed by atoms with Crippen molar-refractivity contribution < 1.29 is 4.79 Å². The van der Waals surface area contributed by atoms with E-state index >= 15 is 0 Å². The molecule has 0 heterocycles. The first kappa shape index (κ1) is 8.05. The van der Waals surface area contributed by atoms with E-state index in [0.717, 1.165) is 5.57 Å². The van der Waals surface area contributed by atoms with Gasteiger partial charge in [0.15, 0.2) is 0 Å². The summed E-state index contributed by atoms with van der Waals surface area (Å²) in [4.78, 5) is 10.6. The van der Waals surface area contributed by atoms with Gasteiger partial charge in [-0.1, -0.05) is 23.8 Å². The fourth-order valence-corrected chi connectivity index (χ4v) is 0.981. The molecule has 1 unspecified atom stereocenters. The van der Waals surface area contributed by atoms with Crippen molar-refractivity contribution in [3.63, 3.8) is 0 Å². The van der Waals surface area contributed by atoms with E-state index in [9.17, 15) is 4.79 Å². The number of allylic oxidation sites excluding steroid dienone is 2. The molecule has 0 fully saturated rings. The maximum Gasteiger partial charge on any atom is 0.217 e. The van der Waals surface area contributed by atoms with Crippen LogP contribution in [0, 0.1) is 6.42 Å². The minimum absolute atomic E-state index is 0.00870. The van der Waals surface area contributed by atoms with Crippen LogP contribution in [0.15, 0.2) is 23.8 Å². The summed E-state index contributed by atoms with van der Waals surface area (Å²) in [5.74, 6) is -0.00870. The number of carbonyl (C=O) groups is 1. The molecule has 0 aromatic carbocycles. The standard InChI is InChI=1S/C9H11NO/c1-7-4-3-5-9(6-7)10-8(2)11/h3,5-6,9H,1-2H3,(H,10,11). The zero-order valence-electron chi connectivity index (χ0n) is 6.72. The molecule has 0 aliphatic heterocycles. The van der Waals surface area contributed by atoms with Crippen molar-refractivity contribution in [2.75, 3.05) is 0 Å². The molecule has 0 saturated heterocycles. The van der Waals surface area contributed by atoms with Crippen molar-refractivity contribution >= 4 is 5.91 Å². The average Bonchev–Trinajstić information content (AvgIpc) is 1.85. The summed E-state index contributed by atoms with van der Waals surface area (Å²) in [5.41, 5.74) is 1.06. The first-order valence-electron chi connectivity index (χ1n) is 3.57. The zero-order chi connectivity index (χ0) is 8.27. The van der Waals surface area contributed by atoms with Gasteiger partial charge >= 0.3 is 0 Å². The monoisotopic (exact) mass is 149 g/mol. The average molecular weight is 149 g/mol. The summed E-state index contributed by atoms with van der Waals surface area (Å²) >= 11 is 0. The maximum absolute atomic E-state index is 10.6. The van der Waals surface area contributed by atoms with Gasteiger partial charge in [0.25, 0.3) is 0 Å². The summed E-state index contributed by atoms with van der Waals surface area (Å²) in [6.45, 7) is 3.47. The van der Waals surface area contributed by atoms with Crippen LogP contribution in [0.1, 0.15) is 13.8 Å². The molecular formula is C9H11NO. The molecule has 1 amide bonds. The molecule has 1 N–H and O–H groups in total. The van der Waals surface area contributed by atoms with Crippen molar-refractivity contribution in [1.82, 2.24) is 5.32 Å². The molecule has 0 aromatic rings. The molecule has 0 saturated carbocycles. The van der Waals surface area contributed by atoms with Crippen LogP contribution in [0.4, 0.5) is 0 Å². The lowest BCUT2D eigenvalue weighted by Crippen LogP contribution is -2.30. The lowest BCUT2D eigenvalue weighted by Gasteiger charge is -2.13. The van der Waals surface area contributed by atoms with Crippen LogP contribution in [-0.2, 0) is 4.79 Å². The summed E-state index contributed by atoms with van der Waals surface area (Å²) < 4.78 is 0. The van der Waals surface area contributed by atoms with Gasteiger partial charge in [-0.15, -0.1) is 0 Å². The van der Waals surface area contributed by atoms with Crippen molar-refractivity contribution in [1.29, 1.82) is 0 Å². The number of carbonyl (C=O) groups excluding carboxylic acids is 1. The van der Waals surface area contributed by atoms with E-state index in [2.05, 4.69) is 11.7 Å². The number of rotatable bonds is 1. The predicted molar refractivity (Wildman–Crippen MR) is 43.7 cm³/mol. The zero-order valence-corrected chi connectivity index (χ0v) is 6.72. The van der Waals surface area contributed by atoms with Gasteiger partial charge in [-0.2, -0.15) is 0 Å². The minimum atomic E-state index is -0.00870. The first-order valence-corrected chi connectivity index (χ1v) is 3.57. The second-order valence-electron chi connectivity index (χ2n) is 2.58. The van der Waals surface area contributed by atoms with Gasteiger partial charge in [0.1, 0.15) is 0 Å². The van der Waals surface area contributed by atoms with Crippen LogP contribution in [0.2, 0.25) is 0 Å². The normalized spacial score (nSPS) is 22.7. The van der Waals surface area contributed by atoms with E-state index in [1.807, 2.05) is 25.2 Å². The second-order valence-corrected chi connectivity index (χ2v) is 2.58. The Balaban J connectivity index is 2.52. The van der Waals surface area contributed by atoms with Crippen LogP contribution < -0.4 is 5.32 Å². The second kappa shape index (κ2) is 3.37. The van der Waals surface area contributed by atoms with Crippen LogP contribution >= 0.6 is 0 Å². The third kappa shape index (κ3) is 2.58. The molecule has 1 aliphatic rings. The Kier molecular flexibility index (Phi) is 2.47. The number of hydrogen-bond donors (Lipinski definition) is 1. The topological polar surface area (TPSA) is 29.1 Å². The summed E-state index contributed by atoms with van der Waals surface area (Å²) in [5, 5.41) is 2.77. The molecular weight excluding hydrogens is 138 g/mol. The van der Waals surface area contributed by atoms with Crippen molar-refractivity contribution in [3.05, 3.63) is 30.2 Å². The smallest absolute Gasteiger partial charge is 0.217 e. The fourth-order valence-electron chi connectivity index (χ4n) is 0.981. The van der Waals surface area contributed by atoms with Crippen LogP contribution in [0.25, 0.3) is 0 Å². The van der Waals surface area contributed by atoms with Gasteiger partial charge < -0.3 is 5.32 Å². The highest BCUT2D eigenvalue weighted by molar-refractivity contribution is 5.74. The third-order valence-corrected chi connectivity index (χ3v) is 1.41. The van der Waals surface area contributed by atoms with Gasteiger partial charge in [0, 0.05) is 13.3 Å². The molecule has 1 aliphatic carbocycles. The van der Waals surface area contributed by atoms with E-state index in [-0.39, 0.29) is 11.9 Å². The van der Waals surface area contributed by atoms with E-state index in [1.165, 1.54) is 6.92 Å². The van der Waals surface area contributed by atoms with Crippen molar-refractivity contribution in [2.24, 2.45) is 0 Å². The molecule has 2 radical (unpaired) electrons. The number of hydrogen-bond acceptors (Lipinski definition) is 1. The van der Waals surface area contributed by atoms with Crippen molar-refractivity contribution in [2.45, 2.75) is 19.9 Å². The summed E-state index contributed by atoms with van der Waals surface area (Å²) in [6, 6.07) is 0.0498. The van der Waals surface area contributed by atoms with Crippen LogP contribution in [0.5, 0.6) is 0 Å². The first-order chi connectivity index (χ1) is 5.18. The Bertz CT molecular complexity index is 216. The van der Waals surface area contributed by atoms with Gasteiger partial charge in [-0.05, 0) is 6.92 Å². The molecule has 0 spiro atoms. The maximum atomic E-state index is 10.6. The summed E-state index contributed by atoms with van der Waals surface area (Å²) in [7, 11) is 0. The molecule has 1 atom stereocenters. The van der Waals surface area contributed by atoms with Gasteiger partial charge in [-0.25, -0.2) is 0 Å². The molecule has 58 valence electrons. The lowest BCUT2D eigenvalue weighted by molar-refractivity contribution is -0.119. The van der Waals surface area contributed by atoms with Crippen LogP contribution in [-0.4, -0.2) is 11.9 Å². The Labute approximate surface area is 67.0 Å². The van der Waals surface area contributed by atoms with Gasteiger partial charge in [-0.3, -0.25) is 4.79 Å². The quantitative estimate of drug-likeness (QED) is 0.594. The van der Waals surface area contributed by atoms with E-state index in [0.29, 0.717) is 0 Å². The van der Waals surface area contributed by atoms with E-state index in [1.54, 1.807) is 0 Å². The number of nitrogens with one attached hydrogen (secondary N) is 1. The van der Waals surface area contributed by atoms with Crippen LogP contribution in [0.3, 0.4) is 0 Å². The molecule has 2 nitrogen and oxygen atoms in total. The Morgan fingerprint density at radius 3 is 3.00 bits per heavy atom. The third-order valence-electron chi connectivity index (χ3n) is 1.41. The van der Waals surface area contributed by atoms with Gasteiger partial charge in [0.2, 0.25) is 5.91 Å². The molecule has 0 bridgehead atoms. The minimum Gasteiger partial charge on any atom is -0.347 e. The SMILES string of the molecule is CC(=O)NC1C=C[C]C(C)=C1. The largest absolute Gasteiger partial charge is 0.347 e. The van der Waals surface area contributed by atoms with Gasteiger partial charge in [0.05, 0.1) is 6.04 Å². The predicted octanol–water partition coefficient (Wildman–Crippen LogP) is 1.09. The Hall–Kier alpha value is -1.05. The Morgan fingerprint density at radius 2 is 2.45 bits per heavy atom. The number of amides is 1. The highest BCUT2D eigenvalue weighted by Crippen LogP contribution is 2.08.